The second-order valence-electron chi connectivity index (χ2n) is 6.84. The van der Waals surface area contributed by atoms with Gasteiger partial charge in [0.2, 0.25) is 5.88 Å². The van der Waals surface area contributed by atoms with Crippen LogP contribution in [0.5, 0.6) is 28.9 Å². The molecule has 0 saturated heterocycles. The summed E-state index contributed by atoms with van der Waals surface area (Å²) in [4.78, 5) is 20.9. The van der Waals surface area contributed by atoms with Crippen LogP contribution in [0.3, 0.4) is 0 Å². The smallest absolute Gasteiger partial charge is 0.323 e. The second-order valence-corrected chi connectivity index (χ2v) is 6.84. The van der Waals surface area contributed by atoms with E-state index >= 15 is 0 Å². The van der Waals surface area contributed by atoms with Gasteiger partial charge in [-0.1, -0.05) is 12.1 Å². The molecule has 4 aromatic rings. The van der Waals surface area contributed by atoms with E-state index in [4.69, 9.17) is 18.9 Å². The lowest BCUT2D eigenvalue weighted by molar-refractivity contribution is 0.262. The highest BCUT2D eigenvalue weighted by Crippen LogP contribution is 2.36. The van der Waals surface area contributed by atoms with E-state index in [1.54, 1.807) is 82.0 Å². The Bertz CT molecular complexity index is 1300. The maximum absolute atomic E-state index is 12.4. The molecule has 2 N–H and O–H groups in total. The number of methoxy groups -OCH3 is 3. The number of rotatable bonds is 7. The first-order valence-corrected chi connectivity index (χ1v) is 9.96. The average Bonchev–Trinajstić information content (AvgIpc) is 2.83. The van der Waals surface area contributed by atoms with E-state index < -0.39 is 6.03 Å². The summed E-state index contributed by atoms with van der Waals surface area (Å²) in [5, 5.41) is 6.21. The van der Waals surface area contributed by atoms with Crippen molar-refractivity contribution in [2.45, 2.75) is 0 Å². The molecular formula is C24H22N4O5. The highest BCUT2D eigenvalue weighted by molar-refractivity contribution is 6.00. The number of nitrogens with zero attached hydrogens (tertiary/aromatic N) is 2. The number of benzene rings is 3. The normalized spacial score (nSPS) is 10.4. The lowest BCUT2D eigenvalue weighted by Crippen LogP contribution is -2.19. The lowest BCUT2D eigenvalue weighted by Gasteiger charge is -2.12. The molecule has 0 fully saturated rings. The number of nitrogens with one attached hydrogen (secondary N) is 2. The Labute approximate surface area is 190 Å². The topological polar surface area (TPSA) is 104 Å². The van der Waals surface area contributed by atoms with E-state index in [9.17, 15) is 4.79 Å². The quantitative estimate of drug-likeness (QED) is 0.407. The van der Waals surface area contributed by atoms with Gasteiger partial charge in [0.1, 0.15) is 17.8 Å². The van der Waals surface area contributed by atoms with Crippen molar-refractivity contribution in [1.29, 1.82) is 0 Å². The summed E-state index contributed by atoms with van der Waals surface area (Å²) in [6.07, 6.45) is 1.41. The summed E-state index contributed by atoms with van der Waals surface area (Å²) in [6, 6.07) is 17.2. The number of fused-ring (bicyclic) bond motifs is 1. The first-order chi connectivity index (χ1) is 16.1. The number of aromatic nitrogens is 2. The van der Waals surface area contributed by atoms with Gasteiger partial charge in [-0.05, 0) is 30.3 Å². The first kappa shape index (κ1) is 21.7. The van der Waals surface area contributed by atoms with E-state index in [2.05, 4.69) is 20.6 Å². The van der Waals surface area contributed by atoms with Crippen LogP contribution >= 0.6 is 0 Å². The lowest BCUT2D eigenvalue weighted by atomic mass is 10.2. The molecule has 0 aliphatic rings. The van der Waals surface area contributed by atoms with Gasteiger partial charge in [0.05, 0.1) is 32.2 Å². The van der Waals surface area contributed by atoms with Crippen molar-refractivity contribution >= 4 is 28.3 Å². The molecule has 1 aromatic heterocycles. The SMILES string of the molecule is COc1cccc(NC(=O)Nc2cccc(Oc3ncnc4cc(OC)c(OC)cc34)c2)c1. The minimum atomic E-state index is -0.398. The molecule has 0 atom stereocenters. The molecule has 9 heteroatoms. The number of hydrogen-bond acceptors (Lipinski definition) is 7. The molecule has 2 amide bonds. The van der Waals surface area contributed by atoms with Crippen molar-refractivity contribution in [2.75, 3.05) is 32.0 Å². The van der Waals surface area contributed by atoms with Gasteiger partial charge < -0.3 is 29.6 Å². The molecule has 0 unspecified atom stereocenters. The summed E-state index contributed by atoms with van der Waals surface area (Å²) < 4.78 is 21.9. The highest BCUT2D eigenvalue weighted by atomic mass is 16.5. The van der Waals surface area contributed by atoms with Gasteiger partial charge in [-0.25, -0.2) is 14.8 Å². The van der Waals surface area contributed by atoms with E-state index in [0.717, 1.165) is 0 Å². The zero-order valence-corrected chi connectivity index (χ0v) is 18.3. The standard InChI is InChI=1S/C24H22N4O5/c1-30-17-8-4-6-15(10-17)27-24(29)28-16-7-5-9-18(11-16)33-23-19-12-21(31-2)22(32-3)13-20(19)25-14-26-23/h4-14H,1-3H3,(H2,27,28,29). The van der Waals surface area contributed by atoms with Gasteiger partial charge in [-0.2, -0.15) is 0 Å². The summed E-state index contributed by atoms with van der Waals surface area (Å²) in [6.45, 7) is 0. The third-order valence-corrected chi connectivity index (χ3v) is 4.74. The third-order valence-electron chi connectivity index (χ3n) is 4.74. The van der Waals surface area contributed by atoms with Crippen LogP contribution in [0.15, 0.2) is 67.0 Å². The largest absolute Gasteiger partial charge is 0.497 e. The van der Waals surface area contributed by atoms with Gasteiger partial charge >= 0.3 is 6.03 Å². The Morgan fingerprint density at radius 1 is 0.758 bits per heavy atom. The van der Waals surface area contributed by atoms with Gasteiger partial charge in [0.25, 0.3) is 0 Å². The molecule has 168 valence electrons. The molecule has 33 heavy (non-hydrogen) atoms. The Hall–Kier alpha value is -4.53. The summed E-state index contributed by atoms with van der Waals surface area (Å²) >= 11 is 0. The summed E-state index contributed by atoms with van der Waals surface area (Å²) in [5.41, 5.74) is 1.80. The second kappa shape index (κ2) is 9.73. The van der Waals surface area contributed by atoms with Crippen LogP contribution in [0.25, 0.3) is 10.9 Å². The monoisotopic (exact) mass is 446 g/mol. The van der Waals surface area contributed by atoms with Crippen LogP contribution in [0, 0.1) is 0 Å². The zero-order chi connectivity index (χ0) is 23.2. The molecule has 1 heterocycles. The molecule has 3 aromatic carbocycles. The Balaban J connectivity index is 1.52. The Kier molecular flexibility index (Phi) is 6.40. The molecular weight excluding hydrogens is 424 g/mol. The van der Waals surface area contributed by atoms with Crippen LogP contribution in [0.2, 0.25) is 0 Å². The molecule has 0 saturated carbocycles. The maximum Gasteiger partial charge on any atom is 0.323 e. The molecule has 0 aliphatic carbocycles. The van der Waals surface area contributed by atoms with Crippen LogP contribution < -0.4 is 29.6 Å². The molecule has 9 nitrogen and oxygen atoms in total. The number of carbonyl (C=O) groups excluding carboxylic acids is 1. The van der Waals surface area contributed by atoms with Crippen molar-refractivity contribution in [3.63, 3.8) is 0 Å². The predicted molar refractivity (Wildman–Crippen MR) is 125 cm³/mol. The fourth-order valence-electron chi connectivity index (χ4n) is 3.18. The van der Waals surface area contributed by atoms with Crippen molar-refractivity contribution in [3.8, 4) is 28.9 Å². The number of ether oxygens (including phenoxy) is 4. The number of hydrogen-bond donors (Lipinski definition) is 2. The fraction of sp³-hybridized carbons (Fsp3) is 0.125. The zero-order valence-electron chi connectivity index (χ0n) is 18.3. The third kappa shape index (κ3) is 5.04. The van der Waals surface area contributed by atoms with Crippen LogP contribution in [0.4, 0.5) is 16.2 Å². The molecule has 0 radical (unpaired) electrons. The van der Waals surface area contributed by atoms with Crippen molar-refractivity contribution in [3.05, 3.63) is 67.0 Å². The molecule has 0 aliphatic heterocycles. The van der Waals surface area contributed by atoms with Gasteiger partial charge in [-0.3, -0.25) is 0 Å². The van der Waals surface area contributed by atoms with Gasteiger partial charge in [0.15, 0.2) is 11.5 Å². The maximum atomic E-state index is 12.4. The number of amides is 2. The van der Waals surface area contributed by atoms with Crippen LogP contribution in [-0.4, -0.2) is 37.3 Å². The summed E-state index contributed by atoms with van der Waals surface area (Å²) in [5.74, 6) is 2.58. The van der Waals surface area contributed by atoms with E-state index in [1.807, 2.05) is 0 Å². The van der Waals surface area contributed by atoms with E-state index in [0.29, 0.717) is 51.2 Å². The van der Waals surface area contributed by atoms with Crippen LogP contribution in [-0.2, 0) is 0 Å². The molecule has 0 spiro atoms. The minimum absolute atomic E-state index is 0.346. The Morgan fingerprint density at radius 2 is 1.39 bits per heavy atom. The van der Waals surface area contributed by atoms with Crippen molar-refractivity contribution < 1.29 is 23.7 Å². The fourth-order valence-corrected chi connectivity index (χ4v) is 3.18. The van der Waals surface area contributed by atoms with E-state index in [1.165, 1.54) is 6.33 Å². The molecule has 4 rings (SSSR count). The first-order valence-electron chi connectivity index (χ1n) is 9.96. The molecule has 0 bridgehead atoms. The summed E-state index contributed by atoms with van der Waals surface area (Å²) in [7, 11) is 4.68. The number of anilines is 2. The van der Waals surface area contributed by atoms with Crippen LogP contribution in [0.1, 0.15) is 0 Å². The predicted octanol–water partition coefficient (Wildman–Crippen LogP) is 5.09. The van der Waals surface area contributed by atoms with E-state index in [-0.39, 0.29) is 0 Å². The number of urea groups is 1. The Morgan fingerprint density at radius 3 is 2.06 bits per heavy atom. The highest BCUT2D eigenvalue weighted by Gasteiger charge is 2.13. The average molecular weight is 446 g/mol. The van der Waals surface area contributed by atoms with Crippen molar-refractivity contribution in [2.24, 2.45) is 0 Å². The number of carbonyl (C=O) groups is 1. The van der Waals surface area contributed by atoms with Gasteiger partial charge in [0, 0.05) is 29.6 Å². The van der Waals surface area contributed by atoms with Crippen molar-refractivity contribution in [1.82, 2.24) is 9.97 Å². The minimum Gasteiger partial charge on any atom is -0.497 e. The van der Waals surface area contributed by atoms with Gasteiger partial charge in [-0.15, -0.1) is 0 Å².